The fourth-order valence-electron chi connectivity index (χ4n) is 1.63. The molecule has 0 atom stereocenters. The van der Waals surface area contributed by atoms with Crippen LogP contribution >= 0.6 is 12.2 Å². The van der Waals surface area contributed by atoms with Gasteiger partial charge >= 0.3 is 0 Å². The van der Waals surface area contributed by atoms with Crippen molar-refractivity contribution in [3.8, 4) is 11.5 Å². The van der Waals surface area contributed by atoms with Crippen molar-refractivity contribution >= 4 is 28.2 Å². The molecule has 0 bridgehead atoms. The minimum Gasteiger partial charge on any atom is -0.497 e. The van der Waals surface area contributed by atoms with Crippen molar-refractivity contribution in [3.63, 3.8) is 0 Å². The van der Waals surface area contributed by atoms with E-state index in [1.54, 1.807) is 12.0 Å². The number of rotatable bonds is 2. The third-order valence-corrected chi connectivity index (χ3v) is 3.06. The third-order valence-electron chi connectivity index (χ3n) is 2.61. The number of methoxy groups -OCH3 is 1. The van der Waals surface area contributed by atoms with Crippen molar-refractivity contribution < 1.29 is 9.47 Å². The Labute approximate surface area is 112 Å². The highest BCUT2D eigenvalue weighted by atomic mass is 32.1. The second-order valence-corrected chi connectivity index (χ2v) is 4.45. The maximum absolute atomic E-state index is 5.68. The monoisotopic (exact) mass is 261 g/mol. The van der Waals surface area contributed by atoms with E-state index in [0.717, 1.165) is 22.3 Å². The Morgan fingerprint density at radius 2 is 1.94 bits per heavy atom. The van der Waals surface area contributed by atoms with Crippen LogP contribution in [0.5, 0.6) is 11.5 Å². The number of ether oxygens (including phenoxy) is 2. The summed E-state index contributed by atoms with van der Waals surface area (Å²) >= 11 is 5.15. The van der Waals surface area contributed by atoms with E-state index < -0.39 is 0 Å². The summed E-state index contributed by atoms with van der Waals surface area (Å²) in [7, 11) is 5.37. The van der Waals surface area contributed by atoms with Crippen LogP contribution in [0.3, 0.4) is 0 Å². The maximum atomic E-state index is 5.68. The minimum atomic E-state index is 0.443. The first kappa shape index (κ1) is 12.6. The zero-order valence-corrected chi connectivity index (χ0v) is 11.5. The number of benzene rings is 2. The molecule has 0 aromatic heterocycles. The van der Waals surface area contributed by atoms with Gasteiger partial charge in [0.1, 0.15) is 11.5 Å². The number of nitrogens with zero attached hydrogens (tertiary/aromatic N) is 1. The molecule has 2 rings (SSSR count). The van der Waals surface area contributed by atoms with Crippen LogP contribution in [0.2, 0.25) is 0 Å². The molecule has 0 fully saturated rings. The average Bonchev–Trinajstić information content (AvgIpc) is 2.38. The van der Waals surface area contributed by atoms with Gasteiger partial charge in [0.25, 0.3) is 5.17 Å². The molecule has 0 aliphatic carbocycles. The van der Waals surface area contributed by atoms with E-state index in [9.17, 15) is 0 Å². The predicted octanol–water partition coefficient (Wildman–Crippen LogP) is 3.07. The lowest BCUT2D eigenvalue weighted by atomic mass is 10.1. The SMILES string of the molecule is COc1ccc2c(OC(=S)N(C)C)cccc2c1. The lowest BCUT2D eigenvalue weighted by Gasteiger charge is -2.15. The summed E-state index contributed by atoms with van der Waals surface area (Å²) in [5, 5.41) is 2.52. The van der Waals surface area contributed by atoms with Gasteiger partial charge in [0.05, 0.1) is 7.11 Å². The van der Waals surface area contributed by atoms with Crippen LogP contribution in [0, 0.1) is 0 Å². The molecule has 0 amide bonds. The molecule has 0 saturated carbocycles. The van der Waals surface area contributed by atoms with Gasteiger partial charge in [-0.25, -0.2) is 0 Å². The molecule has 0 N–H and O–H groups in total. The van der Waals surface area contributed by atoms with E-state index >= 15 is 0 Å². The van der Waals surface area contributed by atoms with E-state index in [4.69, 9.17) is 21.7 Å². The lowest BCUT2D eigenvalue weighted by Crippen LogP contribution is -2.25. The molecule has 0 saturated heterocycles. The average molecular weight is 261 g/mol. The van der Waals surface area contributed by atoms with Crippen LogP contribution in [0.25, 0.3) is 10.8 Å². The molecule has 2 aromatic rings. The number of hydrogen-bond acceptors (Lipinski definition) is 3. The van der Waals surface area contributed by atoms with Crippen LogP contribution < -0.4 is 9.47 Å². The quantitative estimate of drug-likeness (QED) is 0.774. The van der Waals surface area contributed by atoms with Crippen LogP contribution in [-0.4, -0.2) is 31.3 Å². The lowest BCUT2D eigenvalue weighted by molar-refractivity contribution is 0.415. The maximum Gasteiger partial charge on any atom is 0.264 e. The van der Waals surface area contributed by atoms with E-state index in [0.29, 0.717) is 5.17 Å². The Balaban J connectivity index is 2.42. The van der Waals surface area contributed by atoms with Crippen LogP contribution in [0.15, 0.2) is 36.4 Å². The topological polar surface area (TPSA) is 21.7 Å². The largest absolute Gasteiger partial charge is 0.497 e. The van der Waals surface area contributed by atoms with Gasteiger partial charge < -0.3 is 14.4 Å². The summed E-state index contributed by atoms with van der Waals surface area (Å²) in [4.78, 5) is 1.76. The number of fused-ring (bicyclic) bond motifs is 1. The van der Waals surface area contributed by atoms with Gasteiger partial charge in [-0.3, -0.25) is 0 Å². The summed E-state index contributed by atoms with van der Waals surface area (Å²) < 4.78 is 10.9. The Bertz CT molecular complexity index is 581. The summed E-state index contributed by atoms with van der Waals surface area (Å²) in [5.74, 6) is 1.59. The zero-order valence-electron chi connectivity index (χ0n) is 10.6. The molecule has 0 aliphatic rings. The van der Waals surface area contributed by atoms with Gasteiger partial charge in [-0.2, -0.15) is 0 Å². The predicted molar refractivity (Wildman–Crippen MR) is 77.4 cm³/mol. The van der Waals surface area contributed by atoms with E-state index in [-0.39, 0.29) is 0 Å². The van der Waals surface area contributed by atoms with Crippen molar-refractivity contribution in [2.45, 2.75) is 0 Å². The fraction of sp³-hybridized carbons (Fsp3) is 0.214. The Kier molecular flexibility index (Phi) is 3.67. The van der Waals surface area contributed by atoms with Gasteiger partial charge in [-0.1, -0.05) is 12.1 Å². The fourth-order valence-corrected chi connectivity index (χ4v) is 1.72. The third kappa shape index (κ3) is 2.54. The first-order valence-electron chi connectivity index (χ1n) is 5.57. The molecular formula is C14H15NO2S. The van der Waals surface area contributed by atoms with Crippen molar-refractivity contribution in [1.29, 1.82) is 0 Å². The van der Waals surface area contributed by atoms with Gasteiger partial charge in [0.15, 0.2) is 0 Å². The normalized spacial score (nSPS) is 10.2. The zero-order chi connectivity index (χ0) is 13.1. The van der Waals surface area contributed by atoms with Gasteiger partial charge in [-0.15, -0.1) is 0 Å². The first-order chi connectivity index (χ1) is 8.61. The molecule has 0 radical (unpaired) electrons. The summed E-state index contributed by atoms with van der Waals surface area (Å²) in [6, 6.07) is 11.7. The Morgan fingerprint density at radius 3 is 2.61 bits per heavy atom. The molecule has 94 valence electrons. The molecule has 3 nitrogen and oxygen atoms in total. The Hall–Kier alpha value is -1.81. The van der Waals surface area contributed by atoms with Crippen LogP contribution in [0.4, 0.5) is 0 Å². The summed E-state index contributed by atoms with van der Waals surface area (Å²) in [6.07, 6.45) is 0. The van der Waals surface area contributed by atoms with Crippen molar-refractivity contribution in [1.82, 2.24) is 4.90 Å². The molecule has 18 heavy (non-hydrogen) atoms. The van der Waals surface area contributed by atoms with Gasteiger partial charge in [0.2, 0.25) is 0 Å². The second-order valence-electron chi connectivity index (χ2n) is 4.11. The smallest absolute Gasteiger partial charge is 0.264 e. The highest BCUT2D eigenvalue weighted by Gasteiger charge is 2.07. The molecule has 4 heteroatoms. The van der Waals surface area contributed by atoms with E-state index in [1.165, 1.54) is 0 Å². The standard InChI is InChI=1S/C14H15NO2S/c1-15(2)14(18)17-13-6-4-5-10-9-11(16-3)7-8-12(10)13/h4-9H,1-3H3. The van der Waals surface area contributed by atoms with Crippen LogP contribution in [0.1, 0.15) is 0 Å². The molecular weight excluding hydrogens is 246 g/mol. The molecule has 0 unspecified atom stereocenters. The second kappa shape index (κ2) is 5.23. The van der Waals surface area contributed by atoms with Crippen molar-refractivity contribution in [3.05, 3.63) is 36.4 Å². The summed E-state index contributed by atoms with van der Waals surface area (Å²) in [5.41, 5.74) is 0. The van der Waals surface area contributed by atoms with Crippen LogP contribution in [-0.2, 0) is 0 Å². The molecule has 0 aliphatic heterocycles. The van der Waals surface area contributed by atoms with E-state index in [1.807, 2.05) is 50.5 Å². The molecule has 0 heterocycles. The highest BCUT2D eigenvalue weighted by Crippen LogP contribution is 2.28. The van der Waals surface area contributed by atoms with Gasteiger partial charge in [-0.05, 0) is 41.9 Å². The molecule has 0 spiro atoms. The van der Waals surface area contributed by atoms with Crippen molar-refractivity contribution in [2.75, 3.05) is 21.2 Å². The summed E-state index contributed by atoms with van der Waals surface area (Å²) in [6.45, 7) is 0. The van der Waals surface area contributed by atoms with Gasteiger partial charge in [0, 0.05) is 19.5 Å². The number of thiocarbonyl (C=S) groups is 1. The Morgan fingerprint density at radius 1 is 1.17 bits per heavy atom. The molecule has 2 aromatic carbocycles. The minimum absolute atomic E-state index is 0.443. The first-order valence-corrected chi connectivity index (χ1v) is 5.98. The van der Waals surface area contributed by atoms with E-state index in [2.05, 4.69) is 0 Å². The highest BCUT2D eigenvalue weighted by molar-refractivity contribution is 7.80. The number of hydrogen-bond donors (Lipinski definition) is 0. The van der Waals surface area contributed by atoms with Crippen molar-refractivity contribution in [2.24, 2.45) is 0 Å².